The Hall–Kier alpha value is -4.44. The maximum atomic E-state index is 8.24. The molecule has 7 aromatic rings. The number of nitrogens with zero attached hydrogens (tertiary/aromatic N) is 3. The summed E-state index contributed by atoms with van der Waals surface area (Å²) in [6, 6.07) is 35.0. The van der Waals surface area contributed by atoms with Gasteiger partial charge in [0.15, 0.2) is 0 Å². The van der Waals surface area contributed by atoms with Crippen LogP contribution in [0.2, 0.25) is 0 Å². The van der Waals surface area contributed by atoms with Crippen LogP contribution < -0.4 is 0 Å². The summed E-state index contributed by atoms with van der Waals surface area (Å²) < 4.78 is 59.3. The van der Waals surface area contributed by atoms with Crippen LogP contribution in [0.3, 0.4) is 0 Å². The molecule has 4 aromatic heterocycles. The van der Waals surface area contributed by atoms with Crippen molar-refractivity contribution in [1.82, 2.24) is 15.0 Å². The average molecular weight is 799 g/mol. The molecule has 0 spiro atoms. The standard InChI is InChI=1S/C22H20N.C20H17N2O.Ir/c1-16-2-10-19(11-3-16)22-20-12-8-17-4-6-18(7-5-17)9-14-21(23-22)15-13-20;1-12(2)14-9-10-21-18(11-14)17-6-4-5-15-16-8-7-13(3)22-20(16)23-19(15)17;/h2-7,10,13,15H,8-9,12,14H2,1H3;4-5,7-12H,1-3H3;/q2*-1;/i1D3;3D3,12D;. The second-order valence-electron chi connectivity index (χ2n) is 11.8. The average Bonchev–Trinajstić information content (AvgIpc) is 3.50. The van der Waals surface area contributed by atoms with Crippen molar-refractivity contribution in [3.63, 3.8) is 0 Å². The minimum Gasteiger partial charge on any atom is -0.486 e. The zero-order chi connectivity index (χ0) is 37.5. The number of benzene rings is 3. The van der Waals surface area contributed by atoms with Crippen LogP contribution in [0, 0.1) is 25.8 Å². The fourth-order valence-electron chi connectivity index (χ4n) is 5.79. The number of aromatic nitrogens is 3. The predicted molar refractivity (Wildman–Crippen MR) is 187 cm³/mol. The van der Waals surface area contributed by atoms with Crippen LogP contribution in [0.1, 0.15) is 68.5 Å². The fourth-order valence-corrected chi connectivity index (χ4v) is 5.79. The molecule has 5 heteroatoms. The van der Waals surface area contributed by atoms with Gasteiger partial charge < -0.3 is 14.4 Å². The van der Waals surface area contributed by atoms with E-state index in [0.717, 1.165) is 59.0 Å². The van der Waals surface area contributed by atoms with Crippen molar-refractivity contribution >= 4 is 22.1 Å². The number of aryl methyl sites for hydroxylation is 6. The van der Waals surface area contributed by atoms with Gasteiger partial charge in [0, 0.05) is 52.7 Å². The van der Waals surface area contributed by atoms with Crippen LogP contribution in [-0.4, -0.2) is 15.0 Å². The Morgan fingerprint density at radius 3 is 2.38 bits per heavy atom. The molecule has 6 heterocycles. The van der Waals surface area contributed by atoms with E-state index in [0.29, 0.717) is 22.4 Å². The minimum absolute atomic E-state index is 0. The number of pyridine rings is 3. The maximum absolute atomic E-state index is 8.24. The van der Waals surface area contributed by atoms with Crippen molar-refractivity contribution in [2.45, 2.75) is 59.1 Å². The number of furan rings is 1. The zero-order valence-electron chi connectivity index (χ0n) is 33.1. The Morgan fingerprint density at radius 1 is 0.809 bits per heavy atom. The number of fused-ring (bicyclic) bond motifs is 3. The van der Waals surface area contributed by atoms with Crippen LogP contribution in [0.15, 0.2) is 102 Å². The van der Waals surface area contributed by atoms with E-state index in [1.165, 1.54) is 22.8 Å². The smallest absolute Gasteiger partial charge is 0.216 e. The normalized spacial score (nSPS) is 15.3. The van der Waals surface area contributed by atoms with Crippen molar-refractivity contribution in [3.05, 3.63) is 149 Å². The maximum Gasteiger partial charge on any atom is 0.216 e. The summed E-state index contributed by atoms with van der Waals surface area (Å²) in [4.78, 5) is 13.5. The Bertz CT molecular complexity index is 2410. The van der Waals surface area contributed by atoms with Gasteiger partial charge >= 0.3 is 0 Å². The Morgan fingerprint density at radius 2 is 1.64 bits per heavy atom. The first kappa shape index (κ1) is 24.7. The molecule has 3 aromatic carbocycles. The van der Waals surface area contributed by atoms with E-state index < -0.39 is 19.6 Å². The molecule has 0 saturated carbocycles. The van der Waals surface area contributed by atoms with Gasteiger partial charge in [0.2, 0.25) is 5.71 Å². The number of hydrogen-bond acceptors (Lipinski definition) is 4. The molecule has 4 bridgehead atoms. The second kappa shape index (κ2) is 14.1. The predicted octanol–water partition coefficient (Wildman–Crippen LogP) is 10.0. The van der Waals surface area contributed by atoms with Crippen LogP contribution in [-0.2, 0) is 45.8 Å². The van der Waals surface area contributed by atoms with Crippen molar-refractivity contribution in [2.75, 3.05) is 0 Å². The van der Waals surface area contributed by atoms with E-state index in [2.05, 4.69) is 58.5 Å². The fraction of sp³-hybridized carbons (Fsp3) is 0.214. The van der Waals surface area contributed by atoms with E-state index in [9.17, 15) is 0 Å². The summed E-state index contributed by atoms with van der Waals surface area (Å²) in [5, 5.41) is 1.56. The van der Waals surface area contributed by atoms with E-state index in [4.69, 9.17) is 19.0 Å². The third kappa shape index (κ3) is 7.12. The quantitative estimate of drug-likeness (QED) is 0.167. The van der Waals surface area contributed by atoms with E-state index in [1.54, 1.807) is 30.5 Å². The summed E-state index contributed by atoms with van der Waals surface area (Å²) in [6.45, 7) is -0.761. The first-order valence-electron chi connectivity index (χ1n) is 18.9. The molecule has 237 valence electrons. The van der Waals surface area contributed by atoms with Gasteiger partial charge in [-0.05, 0) is 85.2 Å². The van der Waals surface area contributed by atoms with Gasteiger partial charge in [-0.15, -0.1) is 53.6 Å². The SMILES string of the molecule is [2H]C([2H])([2H])c1c[c-]c(-c2nc3ccc2CCc2ccc(cc2)CC3)cc1.[2H]C([2H])([2H])c1ccc2c(n1)oc1c(-c3cc(C([2H])(C)C)ccn3)[c-]ccc12.[Ir]. The minimum atomic E-state index is -2.29. The van der Waals surface area contributed by atoms with E-state index in [-0.39, 0.29) is 31.5 Å². The molecule has 0 fully saturated rings. The molecular weight excluding hydrogens is 755 g/mol. The first-order valence-corrected chi connectivity index (χ1v) is 15.4. The van der Waals surface area contributed by atoms with Gasteiger partial charge in [0.05, 0.1) is 5.58 Å². The number of rotatable bonds is 3. The Balaban J connectivity index is 0.000000181. The van der Waals surface area contributed by atoms with Gasteiger partial charge in [-0.3, -0.25) is 0 Å². The molecule has 1 radical (unpaired) electrons. The molecule has 0 unspecified atom stereocenters. The van der Waals surface area contributed by atoms with Crippen molar-refractivity contribution in [1.29, 1.82) is 0 Å². The monoisotopic (exact) mass is 799 g/mol. The molecule has 0 amide bonds. The van der Waals surface area contributed by atoms with Crippen LogP contribution in [0.25, 0.3) is 44.6 Å². The van der Waals surface area contributed by atoms with Gasteiger partial charge in [0.1, 0.15) is 0 Å². The molecule has 2 aliphatic carbocycles. The van der Waals surface area contributed by atoms with Crippen molar-refractivity contribution in [2.24, 2.45) is 0 Å². The van der Waals surface area contributed by atoms with E-state index >= 15 is 0 Å². The van der Waals surface area contributed by atoms with Crippen LogP contribution in [0.5, 0.6) is 0 Å². The summed E-state index contributed by atoms with van der Waals surface area (Å²) in [5.41, 5.74) is 9.95. The third-order valence-corrected chi connectivity index (χ3v) is 8.37. The molecule has 4 nitrogen and oxygen atoms in total. The molecule has 2 aliphatic heterocycles. The topological polar surface area (TPSA) is 51.8 Å². The van der Waals surface area contributed by atoms with Crippen molar-refractivity contribution < 1.29 is 34.1 Å². The summed E-state index contributed by atoms with van der Waals surface area (Å²) >= 11 is 0. The molecule has 47 heavy (non-hydrogen) atoms. The molecule has 0 N–H and O–H groups in total. The van der Waals surface area contributed by atoms with Crippen LogP contribution >= 0.6 is 0 Å². The summed E-state index contributed by atoms with van der Waals surface area (Å²) in [7, 11) is 0. The van der Waals surface area contributed by atoms with Gasteiger partial charge in [0.25, 0.3) is 0 Å². The van der Waals surface area contributed by atoms with Crippen LogP contribution in [0.4, 0.5) is 0 Å². The van der Waals surface area contributed by atoms with Gasteiger partial charge in [-0.2, -0.15) is 0 Å². The van der Waals surface area contributed by atoms with E-state index in [1.807, 2.05) is 38.1 Å². The molecule has 11 rings (SSSR count). The van der Waals surface area contributed by atoms with Gasteiger partial charge in [-0.1, -0.05) is 79.2 Å². The Kier molecular flexibility index (Phi) is 7.42. The Labute approximate surface area is 300 Å². The third-order valence-electron chi connectivity index (χ3n) is 8.37. The summed E-state index contributed by atoms with van der Waals surface area (Å²) in [6.07, 6.45) is 5.38. The molecule has 0 atom stereocenters. The molecular formula is C42H37IrN3O-2. The molecule has 4 aliphatic rings. The van der Waals surface area contributed by atoms with Crippen molar-refractivity contribution in [3.8, 4) is 22.5 Å². The molecule has 0 saturated heterocycles. The number of hydrogen-bond donors (Lipinski definition) is 0. The second-order valence-corrected chi connectivity index (χ2v) is 11.8. The summed E-state index contributed by atoms with van der Waals surface area (Å²) in [5.74, 6) is -0.754. The zero-order valence-corrected chi connectivity index (χ0v) is 28.5. The van der Waals surface area contributed by atoms with Gasteiger partial charge in [-0.25, -0.2) is 4.98 Å². The first-order chi connectivity index (χ1) is 25.1. The largest absolute Gasteiger partial charge is 0.486 e.